The fraction of sp³-hybridized carbons (Fsp3) is 0.400. The largest absolute Gasteiger partial charge is 0.240 e. The van der Waals surface area contributed by atoms with Crippen molar-refractivity contribution < 1.29 is 9.84 Å². The van der Waals surface area contributed by atoms with Crippen LogP contribution in [0.5, 0.6) is 0 Å². The number of nitrogens with one attached hydrogen (secondary N) is 1. The van der Waals surface area contributed by atoms with Crippen LogP contribution in [0.25, 0.3) is 0 Å². The van der Waals surface area contributed by atoms with Crippen LogP contribution in [0.1, 0.15) is 20.8 Å². The number of rotatable bonds is 2. The third-order valence-corrected chi connectivity index (χ3v) is 3.03. The molecule has 0 radical (unpaired) electrons. The number of hydrogen-bond acceptors (Lipinski definition) is 2. The van der Waals surface area contributed by atoms with Crippen molar-refractivity contribution in [2.75, 3.05) is 7.05 Å². The Balaban J connectivity index is 0. The second-order valence-electron chi connectivity index (χ2n) is 2.52. The van der Waals surface area contributed by atoms with E-state index in [9.17, 15) is 8.42 Å². The average molecular weight is 217 g/mol. The minimum absolute atomic E-state index is 0. The van der Waals surface area contributed by atoms with Crippen LogP contribution in [0.3, 0.4) is 0 Å². The summed E-state index contributed by atoms with van der Waals surface area (Å²) in [5.74, 6) is 0. The molecule has 1 aromatic carbocycles. The fourth-order valence-electron chi connectivity index (χ4n) is 0.835. The lowest BCUT2D eigenvalue weighted by Gasteiger charge is -2.01. The van der Waals surface area contributed by atoms with E-state index in [-0.39, 0.29) is 1.43 Å². The predicted octanol–water partition coefficient (Wildman–Crippen LogP) is 2.18. The van der Waals surface area contributed by atoms with Gasteiger partial charge in [0.1, 0.15) is 0 Å². The molecule has 82 valence electrons. The van der Waals surface area contributed by atoms with Gasteiger partial charge in [0.15, 0.2) is 0 Å². The molecule has 0 saturated heterocycles. The van der Waals surface area contributed by atoms with Gasteiger partial charge in [-0.2, -0.15) is 0 Å². The summed E-state index contributed by atoms with van der Waals surface area (Å²) in [6.07, 6.45) is 0. The molecule has 0 amide bonds. The Bertz CT molecular complexity index is 360. The van der Waals surface area contributed by atoms with Gasteiger partial charge in [0, 0.05) is 1.43 Å². The Morgan fingerprint density at radius 1 is 1.14 bits per heavy atom. The van der Waals surface area contributed by atoms with E-state index in [1.165, 1.54) is 7.05 Å². The first-order valence-corrected chi connectivity index (χ1v) is 6.05. The summed E-state index contributed by atoms with van der Waals surface area (Å²) in [4.78, 5) is 0.301. The molecule has 3 nitrogen and oxygen atoms in total. The quantitative estimate of drug-likeness (QED) is 0.825. The summed E-state index contributed by atoms with van der Waals surface area (Å²) in [5, 5.41) is 0. The van der Waals surface area contributed by atoms with E-state index in [4.69, 9.17) is 0 Å². The molecular weight excluding hydrogens is 198 g/mol. The Kier molecular flexibility index (Phi) is 5.42. The Hall–Kier alpha value is -0.870. The monoisotopic (exact) mass is 217 g/mol. The van der Waals surface area contributed by atoms with Gasteiger partial charge < -0.3 is 0 Å². The molecule has 0 fully saturated rings. The maximum atomic E-state index is 11.2. The lowest BCUT2D eigenvalue weighted by molar-refractivity contribution is 0.588. The molecule has 0 heterocycles. The number of benzene rings is 1. The maximum absolute atomic E-state index is 11.2. The molecule has 0 unspecified atom stereocenters. The van der Waals surface area contributed by atoms with E-state index in [1.807, 2.05) is 20.8 Å². The zero-order valence-corrected chi connectivity index (χ0v) is 9.85. The van der Waals surface area contributed by atoms with Gasteiger partial charge in [-0.25, -0.2) is 13.1 Å². The van der Waals surface area contributed by atoms with Crippen LogP contribution in [0, 0.1) is 6.92 Å². The lowest BCUT2D eigenvalue weighted by atomic mass is 10.2. The van der Waals surface area contributed by atoms with Crippen LogP contribution in [0.15, 0.2) is 29.2 Å². The second kappa shape index (κ2) is 5.78. The van der Waals surface area contributed by atoms with Crippen LogP contribution in [-0.4, -0.2) is 15.5 Å². The molecule has 0 aliphatic carbocycles. The van der Waals surface area contributed by atoms with Crippen LogP contribution in [0.4, 0.5) is 0 Å². The minimum Gasteiger partial charge on any atom is -0.214 e. The highest BCUT2D eigenvalue weighted by Crippen LogP contribution is 2.08. The number of sulfonamides is 1. The standard InChI is InChI=1S/C8H11NO2S.C2H6.H2/c1-7-3-5-8(6-4-7)12(10,11)9-2;1-2;/h3-6,9H,1-2H3;1-2H3;1H. The van der Waals surface area contributed by atoms with Gasteiger partial charge in [0.2, 0.25) is 10.0 Å². The van der Waals surface area contributed by atoms with Crippen LogP contribution < -0.4 is 4.72 Å². The highest BCUT2D eigenvalue weighted by molar-refractivity contribution is 7.89. The molecule has 0 aromatic heterocycles. The first-order valence-electron chi connectivity index (χ1n) is 4.56. The van der Waals surface area contributed by atoms with Crippen LogP contribution in [-0.2, 0) is 10.0 Å². The summed E-state index contributed by atoms with van der Waals surface area (Å²) < 4.78 is 24.7. The Labute approximate surface area is 87.7 Å². The molecule has 1 aromatic rings. The highest BCUT2D eigenvalue weighted by atomic mass is 32.2. The first-order chi connectivity index (χ1) is 6.56. The van der Waals surface area contributed by atoms with Gasteiger partial charge >= 0.3 is 0 Å². The van der Waals surface area contributed by atoms with Gasteiger partial charge in [0.25, 0.3) is 0 Å². The van der Waals surface area contributed by atoms with Crippen molar-refractivity contribution >= 4 is 10.0 Å². The predicted molar refractivity (Wildman–Crippen MR) is 60.9 cm³/mol. The van der Waals surface area contributed by atoms with Crippen molar-refractivity contribution in [2.45, 2.75) is 25.7 Å². The van der Waals surface area contributed by atoms with Gasteiger partial charge in [-0.15, -0.1) is 0 Å². The SMILES string of the molecule is CC.CNS(=O)(=O)c1ccc(C)cc1.[HH]. The Morgan fingerprint density at radius 3 is 1.93 bits per heavy atom. The van der Waals surface area contributed by atoms with Crippen LogP contribution >= 0.6 is 0 Å². The number of hydrogen-bond donors (Lipinski definition) is 1. The molecule has 4 heteroatoms. The molecule has 0 aliphatic rings. The van der Waals surface area contributed by atoms with Gasteiger partial charge in [0.05, 0.1) is 4.90 Å². The zero-order chi connectivity index (χ0) is 11.2. The number of aryl methyl sites for hydroxylation is 1. The third kappa shape index (κ3) is 3.47. The normalized spacial score (nSPS) is 10.3. The molecule has 0 spiro atoms. The summed E-state index contributed by atoms with van der Waals surface area (Å²) in [6, 6.07) is 6.71. The topological polar surface area (TPSA) is 46.2 Å². The summed E-state index contributed by atoms with van der Waals surface area (Å²) in [6.45, 7) is 5.91. The molecule has 1 N–H and O–H groups in total. The summed E-state index contributed by atoms with van der Waals surface area (Å²) in [7, 11) is -1.87. The summed E-state index contributed by atoms with van der Waals surface area (Å²) in [5.41, 5.74) is 1.05. The molecule has 0 saturated carbocycles. The summed E-state index contributed by atoms with van der Waals surface area (Å²) >= 11 is 0. The van der Waals surface area contributed by atoms with E-state index in [0.717, 1.165) is 5.56 Å². The first kappa shape index (κ1) is 13.1. The lowest BCUT2D eigenvalue weighted by Crippen LogP contribution is -2.18. The van der Waals surface area contributed by atoms with E-state index < -0.39 is 10.0 Å². The molecule has 0 aliphatic heterocycles. The van der Waals surface area contributed by atoms with Crippen molar-refractivity contribution in [2.24, 2.45) is 0 Å². The van der Waals surface area contributed by atoms with Crippen molar-refractivity contribution in [3.8, 4) is 0 Å². The molecule has 0 bridgehead atoms. The van der Waals surface area contributed by atoms with Gasteiger partial charge in [-0.1, -0.05) is 31.5 Å². The smallest absolute Gasteiger partial charge is 0.214 e. The minimum atomic E-state index is -3.26. The van der Waals surface area contributed by atoms with E-state index >= 15 is 0 Å². The van der Waals surface area contributed by atoms with Crippen LogP contribution in [0.2, 0.25) is 0 Å². The van der Waals surface area contributed by atoms with E-state index in [2.05, 4.69) is 4.72 Å². The van der Waals surface area contributed by atoms with Crippen molar-refractivity contribution in [1.82, 2.24) is 4.72 Å². The third-order valence-electron chi connectivity index (χ3n) is 1.60. The Morgan fingerprint density at radius 2 is 1.57 bits per heavy atom. The van der Waals surface area contributed by atoms with Crippen molar-refractivity contribution in [3.05, 3.63) is 29.8 Å². The fourth-order valence-corrected chi connectivity index (χ4v) is 1.57. The van der Waals surface area contributed by atoms with Crippen molar-refractivity contribution in [1.29, 1.82) is 0 Å². The van der Waals surface area contributed by atoms with Crippen molar-refractivity contribution in [3.63, 3.8) is 0 Å². The highest BCUT2D eigenvalue weighted by Gasteiger charge is 2.09. The zero-order valence-electron chi connectivity index (χ0n) is 9.03. The molecular formula is C10H19NO2S. The van der Waals surface area contributed by atoms with Gasteiger partial charge in [-0.3, -0.25) is 0 Å². The maximum Gasteiger partial charge on any atom is 0.240 e. The average Bonchev–Trinajstić information content (AvgIpc) is 2.21. The molecule has 1 rings (SSSR count). The van der Waals surface area contributed by atoms with Gasteiger partial charge in [-0.05, 0) is 26.1 Å². The van der Waals surface area contributed by atoms with E-state index in [0.29, 0.717) is 4.90 Å². The molecule has 14 heavy (non-hydrogen) atoms. The second-order valence-corrected chi connectivity index (χ2v) is 4.41. The van der Waals surface area contributed by atoms with E-state index in [1.54, 1.807) is 24.3 Å². The molecule has 0 atom stereocenters.